The SMILES string of the molecule is CC(C)(C)c1nc(CC(=O)NCC2CCCNC2)cs1. The van der Waals surface area contributed by atoms with Gasteiger partial charge in [0.1, 0.15) is 0 Å². The average molecular weight is 295 g/mol. The topological polar surface area (TPSA) is 54.0 Å². The van der Waals surface area contributed by atoms with E-state index < -0.39 is 0 Å². The molecule has 1 aromatic rings. The Labute approximate surface area is 125 Å². The zero-order valence-electron chi connectivity index (χ0n) is 12.7. The summed E-state index contributed by atoms with van der Waals surface area (Å²) in [7, 11) is 0. The van der Waals surface area contributed by atoms with Gasteiger partial charge in [0.15, 0.2) is 0 Å². The largest absolute Gasteiger partial charge is 0.355 e. The summed E-state index contributed by atoms with van der Waals surface area (Å²) < 4.78 is 0. The van der Waals surface area contributed by atoms with Gasteiger partial charge in [0, 0.05) is 17.3 Å². The van der Waals surface area contributed by atoms with Crippen molar-refractivity contribution in [3.63, 3.8) is 0 Å². The predicted octanol–water partition coefficient (Wildman–Crippen LogP) is 2.10. The third kappa shape index (κ3) is 4.56. The molecule has 112 valence electrons. The number of carbonyl (C=O) groups is 1. The predicted molar refractivity (Wildman–Crippen MR) is 83.1 cm³/mol. The summed E-state index contributed by atoms with van der Waals surface area (Å²) in [6.45, 7) is 9.34. The molecule has 1 saturated heterocycles. The minimum absolute atomic E-state index is 0.0627. The number of rotatable bonds is 4. The van der Waals surface area contributed by atoms with Gasteiger partial charge in [0.25, 0.3) is 0 Å². The summed E-state index contributed by atoms with van der Waals surface area (Å²) in [5.74, 6) is 0.662. The fraction of sp³-hybridized carbons (Fsp3) is 0.733. The number of piperidine rings is 1. The van der Waals surface area contributed by atoms with Crippen LogP contribution < -0.4 is 10.6 Å². The normalized spacial score (nSPS) is 19.9. The first-order chi connectivity index (χ1) is 9.45. The summed E-state index contributed by atoms with van der Waals surface area (Å²) in [4.78, 5) is 16.5. The van der Waals surface area contributed by atoms with Crippen LogP contribution in [0, 0.1) is 5.92 Å². The van der Waals surface area contributed by atoms with Crippen molar-refractivity contribution >= 4 is 17.2 Å². The molecule has 2 rings (SSSR count). The molecule has 1 amide bonds. The van der Waals surface area contributed by atoms with E-state index in [1.807, 2.05) is 5.38 Å². The molecule has 0 aromatic carbocycles. The molecule has 1 atom stereocenters. The Kier molecular flexibility index (Phi) is 5.16. The number of thiazole rings is 1. The smallest absolute Gasteiger partial charge is 0.226 e. The summed E-state index contributed by atoms with van der Waals surface area (Å²) in [6.07, 6.45) is 2.81. The Balaban J connectivity index is 1.77. The van der Waals surface area contributed by atoms with Crippen molar-refractivity contribution < 1.29 is 4.79 Å². The van der Waals surface area contributed by atoms with Gasteiger partial charge < -0.3 is 10.6 Å². The second-order valence-corrected chi connectivity index (χ2v) is 7.45. The first-order valence-corrected chi connectivity index (χ1v) is 8.25. The Morgan fingerprint density at radius 3 is 2.95 bits per heavy atom. The summed E-state index contributed by atoms with van der Waals surface area (Å²) in [6, 6.07) is 0. The highest BCUT2D eigenvalue weighted by Gasteiger charge is 2.19. The van der Waals surface area contributed by atoms with Gasteiger partial charge in [-0.1, -0.05) is 20.8 Å². The molecule has 0 spiro atoms. The Hall–Kier alpha value is -0.940. The van der Waals surface area contributed by atoms with Crippen LogP contribution in [0.2, 0.25) is 0 Å². The van der Waals surface area contributed by atoms with E-state index in [0.717, 1.165) is 30.3 Å². The third-order valence-electron chi connectivity index (χ3n) is 3.52. The fourth-order valence-electron chi connectivity index (χ4n) is 2.32. The van der Waals surface area contributed by atoms with Crippen molar-refractivity contribution in [2.45, 2.75) is 45.4 Å². The maximum Gasteiger partial charge on any atom is 0.226 e. The van der Waals surface area contributed by atoms with Gasteiger partial charge in [-0.2, -0.15) is 0 Å². The first kappa shape index (κ1) is 15.4. The number of carbonyl (C=O) groups excluding carboxylic acids is 1. The van der Waals surface area contributed by atoms with Crippen LogP contribution in [0.25, 0.3) is 0 Å². The van der Waals surface area contributed by atoms with Crippen LogP contribution in [-0.2, 0) is 16.6 Å². The lowest BCUT2D eigenvalue weighted by molar-refractivity contribution is -0.120. The summed E-state index contributed by atoms with van der Waals surface area (Å²) in [5.41, 5.74) is 0.951. The molecule has 4 nitrogen and oxygen atoms in total. The van der Waals surface area contributed by atoms with Gasteiger partial charge >= 0.3 is 0 Å². The second kappa shape index (κ2) is 6.68. The number of nitrogens with zero attached hydrogens (tertiary/aromatic N) is 1. The van der Waals surface area contributed by atoms with Crippen molar-refractivity contribution in [2.75, 3.05) is 19.6 Å². The monoisotopic (exact) mass is 295 g/mol. The molecule has 1 aliphatic rings. The Bertz CT molecular complexity index is 444. The van der Waals surface area contributed by atoms with E-state index >= 15 is 0 Å². The molecule has 0 radical (unpaired) electrons. The molecule has 0 saturated carbocycles. The number of hydrogen-bond donors (Lipinski definition) is 2. The van der Waals surface area contributed by atoms with E-state index in [1.54, 1.807) is 11.3 Å². The molecule has 1 unspecified atom stereocenters. The molecular formula is C15H25N3OS. The van der Waals surface area contributed by atoms with Crippen molar-refractivity contribution in [3.05, 3.63) is 16.1 Å². The van der Waals surface area contributed by atoms with Gasteiger partial charge in [-0.05, 0) is 31.8 Å². The highest BCUT2D eigenvalue weighted by molar-refractivity contribution is 7.09. The van der Waals surface area contributed by atoms with E-state index in [1.165, 1.54) is 12.8 Å². The number of nitrogens with one attached hydrogen (secondary N) is 2. The van der Waals surface area contributed by atoms with Crippen molar-refractivity contribution in [1.29, 1.82) is 0 Å². The third-order valence-corrected chi connectivity index (χ3v) is 4.84. The van der Waals surface area contributed by atoms with Crippen molar-refractivity contribution in [2.24, 2.45) is 5.92 Å². The van der Waals surface area contributed by atoms with Crippen LogP contribution in [0.15, 0.2) is 5.38 Å². The maximum absolute atomic E-state index is 11.9. The van der Waals surface area contributed by atoms with Crippen LogP contribution in [0.3, 0.4) is 0 Å². The van der Waals surface area contributed by atoms with Gasteiger partial charge in [0.05, 0.1) is 17.1 Å². The van der Waals surface area contributed by atoms with E-state index in [4.69, 9.17) is 0 Å². The molecule has 2 N–H and O–H groups in total. The van der Waals surface area contributed by atoms with Gasteiger partial charge in [-0.25, -0.2) is 4.98 Å². The lowest BCUT2D eigenvalue weighted by Gasteiger charge is -2.22. The second-order valence-electron chi connectivity index (χ2n) is 6.59. The maximum atomic E-state index is 11.9. The van der Waals surface area contributed by atoms with Crippen molar-refractivity contribution in [1.82, 2.24) is 15.6 Å². The molecular weight excluding hydrogens is 270 g/mol. The van der Waals surface area contributed by atoms with Crippen LogP contribution in [0.5, 0.6) is 0 Å². The van der Waals surface area contributed by atoms with Crippen LogP contribution in [-0.4, -0.2) is 30.5 Å². The lowest BCUT2D eigenvalue weighted by Crippen LogP contribution is -2.38. The van der Waals surface area contributed by atoms with Gasteiger partial charge in [-0.15, -0.1) is 11.3 Å². The molecule has 1 aromatic heterocycles. The number of aromatic nitrogens is 1. The molecule has 0 aliphatic carbocycles. The zero-order chi connectivity index (χ0) is 14.6. The molecule has 5 heteroatoms. The summed E-state index contributed by atoms with van der Waals surface area (Å²) in [5, 5.41) is 9.50. The Morgan fingerprint density at radius 1 is 1.55 bits per heavy atom. The average Bonchev–Trinajstić information content (AvgIpc) is 2.86. The fourth-order valence-corrected chi connectivity index (χ4v) is 3.22. The molecule has 20 heavy (non-hydrogen) atoms. The Morgan fingerprint density at radius 2 is 2.35 bits per heavy atom. The van der Waals surface area contributed by atoms with Crippen LogP contribution in [0.4, 0.5) is 0 Å². The van der Waals surface area contributed by atoms with Crippen molar-refractivity contribution in [3.8, 4) is 0 Å². The lowest BCUT2D eigenvalue weighted by atomic mass is 9.98. The highest BCUT2D eigenvalue weighted by Crippen LogP contribution is 2.25. The van der Waals surface area contributed by atoms with Crippen LogP contribution >= 0.6 is 11.3 Å². The molecule has 0 bridgehead atoms. The minimum Gasteiger partial charge on any atom is -0.355 e. The molecule has 1 aliphatic heterocycles. The van der Waals surface area contributed by atoms with Gasteiger partial charge in [-0.3, -0.25) is 4.79 Å². The zero-order valence-corrected chi connectivity index (χ0v) is 13.5. The standard InChI is InChI=1S/C15H25N3OS/c1-15(2,3)14-18-12(10-20-14)7-13(19)17-9-11-5-4-6-16-8-11/h10-11,16H,4-9H2,1-3H3,(H,17,19). The van der Waals surface area contributed by atoms with E-state index in [9.17, 15) is 4.79 Å². The quantitative estimate of drug-likeness (QED) is 0.894. The van der Waals surface area contributed by atoms with E-state index in [-0.39, 0.29) is 11.3 Å². The highest BCUT2D eigenvalue weighted by atomic mass is 32.1. The van der Waals surface area contributed by atoms with Gasteiger partial charge in [0.2, 0.25) is 5.91 Å². The van der Waals surface area contributed by atoms with E-state index in [2.05, 4.69) is 36.4 Å². The molecule has 2 heterocycles. The number of amides is 1. The first-order valence-electron chi connectivity index (χ1n) is 7.37. The minimum atomic E-state index is 0.0627. The summed E-state index contributed by atoms with van der Waals surface area (Å²) >= 11 is 1.64. The van der Waals surface area contributed by atoms with E-state index in [0.29, 0.717) is 12.3 Å². The molecule has 1 fully saturated rings. The van der Waals surface area contributed by atoms with Crippen LogP contribution in [0.1, 0.15) is 44.3 Å². The number of hydrogen-bond acceptors (Lipinski definition) is 4.